The zero-order valence-corrected chi connectivity index (χ0v) is 9.74. The van der Waals surface area contributed by atoms with Gasteiger partial charge in [-0.3, -0.25) is 4.79 Å². The highest BCUT2D eigenvalue weighted by atomic mass is 16.3. The van der Waals surface area contributed by atoms with Crippen LogP contribution in [0.25, 0.3) is 0 Å². The first kappa shape index (κ1) is 11.5. The molecule has 1 aliphatic heterocycles. The van der Waals surface area contributed by atoms with Gasteiger partial charge in [-0.15, -0.1) is 0 Å². The highest BCUT2D eigenvalue weighted by Crippen LogP contribution is 2.39. The van der Waals surface area contributed by atoms with Crippen LogP contribution in [-0.4, -0.2) is 35.6 Å². The summed E-state index contributed by atoms with van der Waals surface area (Å²) in [7, 11) is 1.84. The lowest BCUT2D eigenvalue weighted by atomic mass is 9.78. The van der Waals surface area contributed by atoms with Crippen molar-refractivity contribution in [3.05, 3.63) is 0 Å². The van der Waals surface area contributed by atoms with Gasteiger partial charge in [-0.2, -0.15) is 0 Å². The summed E-state index contributed by atoms with van der Waals surface area (Å²) in [6.45, 7) is 8.43. The van der Waals surface area contributed by atoms with Crippen LogP contribution in [-0.2, 0) is 4.79 Å². The maximum absolute atomic E-state index is 11.8. The Morgan fingerprint density at radius 1 is 1.43 bits per heavy atom. The van der Waals surface area contributed by atoms with E-state index in [0.717, 1.165) is 0 Å². The lowest BCUT2D eigenvalue weighted by Gasteiger charge is -2.35. The lowest BCUT2D eigenvalue weighted by molar-refractivity contribution is -0.132. The molecule has 82 valence electrons. The van der Waals surface area contributed by atoms with Gasteiger partial charge in [-0.25, -0.2) is 0 Å². The Balaban J connectivity index is 2.95. The number of carbonyl (C=O) groups excluding carboxylic acids is 1. The smallest absolute Gasteiger partial charge is 0.228 e. The van der Waals surface area contributed by atoms with Crippen LogP contribution in [0.2, 0.25) is 0 Å². The van der Waals surface area contributed by atoms with Crippen LogP contribution >= 0.6 is 0 Å². The summed E-state index contributed by atoms with van der Waals surface area (Å²) in [5.74, 6) is 0.113. The fraction of sp³-hybridized carbons (Fsp3) is 0.909. The second-order valence-electron chi connectivity index (χ2n) is 5.41. The molecule has 0 aliphatic carbocycles. The number of nitrogens with zero attached hydrogens (tertiary/aromatic N) is 1. The van der Waals surface area contributed by atoms with Gasteiger partial charge in [0, 0.05) is 13.1 Å². The molecular weight excluding hydrogens is 178 g/mol. The van der Waals surface area contributed by atoms with Crippen molar-refractivity contribution >= 4 is 5.91 Å². The van der Waals surface area contributed by atoms with Crippen molar-refractivity contribution in [2.75, 3.05) is 13.7 Å². The Labute approximate surface area is 86.1 Å². The molecule has 0 aromatic carbocycles. The number of hydrogen-bond acceptors (Lipinski definition) is 2. The third kappa shape index (κ3) is 1.65. The molecule has 0 unspecified atom stereocenters. The zero-order valence-electron chi connectivity index (χ0n) is 9.74. The molecule has 0 saturated carbocycles. The number of likely N-dealkylation sites (tertiary alicyclic amines) is 1. The largest absolute Gasteiger partial charge is 0.396 e. The molecule has 1 rings (SSSR count). The van der Waals surface area contributed by atoms with Gasteiger partial charge in [-0.05, 0) is 11.3 Å². The van der Waals surface area contributed by atoms with Crippen LogP contribution in [0.4, 0.5) is 0 Å². The van der Waals surface area contributed by atoms with E-state index in [9.17, 15) is 4.79 Å². The number of aliphatic hydroxyl groups excluding tert-OH is 1. The van der Waals surface area contributed by atoms with Gasteiger partial charge in [0.25, 0.3) is 0 Å². The minimum Gasteiger partial charge on any atom is -0.396 e. The number of rotatable bonds is 1. The molecule has 0 aromatic heterocycles. The van der Waals surface area contributed by atoms with Crippen LogP contribution < -0.4 is 0 Å². The van der Waals surface area contributed by atoms with Gasteiger partial charge in [-0.1, -0.05) is 27.7 Å². The summed E-state index contributed by atoms with van der Waals surface area (Å²) in [4.78, 5) is 13.6. The van der Waals surface area contributed by atoms with Crippen molar-refractivity contribution < 1.29 is 9.90 Å². The maximum Gasteiger partial charge on any atom is 0.228 e. The van der Waals surface area contributed by atoms with E-state index in [0.29, 0.717) is 0 Å². The summed E-state index contributed by atoms with van der Waals surface area (Å²) >= 11 is 0. The number of aliphatic hydroxyl groups is 1. The minimum absolute atomic E-state index is 0.0308. The molecule has 1 aliphatic rings. The van der Waals surface area contributed by atoms with E-state index in [-0.39, 0.29) is 35.8 Å². The quantitative estimate of drug-likeness (QED) is 0.687. The molecule has 0 spiro atoms. The van der Waals surface area contributed by atoms with Crippen LogP contribution in [0.1, 0.15) is 27.7 Å². The molecule has 1 saturated heterocycles. The number of carbonyl (C=O) groups is 1. The predicted molar refractivity (Wildman–Crippen MR) is 55.8 cm³/mol. The Hall–Kier alpha value is -0.570. The van der Waals surface area contributed by atoms with Crippen molar-refractivity contribution in [1.82, 2.24) is 4.90 Å². The fourth-order valence-corrected chi connectivity index (χ4v) is 2.81. The molecule has 3 atom stereocenters. The molecule has 3 nitrogen and oxygen atoms in total. The highest BCUT2D eigenvalue weighted by molar-refractivity contribution is 5.82. The number of amides is 1. The first-order chi connectivity index (χ1) is 6.30. The second kappa shape index (κ2) is 3.54. The molecule has 0 radical (unpaired) electrons. The fourth-order valence-electron chi connectivity index (χ4n) is 2.81. The standard InChI is InChI=1S/C11H21NO2/c1-7-8(6-13)10(14)12(5)9(7)11(2,3)4/h7-9,13H,6H2,1-5H3/t7-,8-,9+/m1/s1. The summed E-state index contributed by atoms with van der Waals surface area (Å²) in [5.41, 5.74) is 0.0771. The molecule has 1 N–H and O–H groups in total. The topological polar surface area (TPSA) is 40.5 Å². The zero-order chi connectivity index (χ0) is 11.1. The van der Waals surface area contributed by atoms with E-state index in [1.54, 1.807) is 4.90 Å². The van der Waals surface area contributed by atoms with Gasteiger partial charge in [0.15, 0.2) is 0 Å². The van der Waals surface area contributed by atoms with Crippen molar-refractivity contribution in [3.8, 4) is 0 Å². The molecule has 0 aromatic rings. The van der Waals surface area contributed by atoms with Crippen molar-refractivity contribution in [1.29, 1.82) is 0 Å². The molecule has 14 heavy (non-hydrogen) atoms. The van der Waals surface area contributed by atoms with Crippen LogP contribution in [0.3, 0.4) is 0 Å². The average Bonchev–Trinajstić information content (AvgIpc) is 2.22. The van der Waals surface area contributed by atoms with Gasteiger partial charge < -0.3 is 10.0 Å². The Morgan fingerprint density at radius 2 is 1.93 bits per heavy atom. The molecule has 0 bridgehead atoms. The summed E-state index contributed by atoms with van der Waals surface area (Å²) in [6, 6.07) is 0.229. The Kier molecular flexibility index (Phi) is 2.91. The summed E-state index contributed by atoms with van der Waals surface area (Å²) in [5, 5.41) is 9.16. The van der Waals surface area contributed by atoms with E-state index >= 15 is 0 Å². The summed E-state index contributed by atoms with van der Waals surface area (Å²) in [6.07, 6.45) is 0. The Morgan fingerprint density at radius 3 is 2.14 bits per heavy atom. The van der Waals surface area contributed by atoms with Crippen molar-refractivity contribution in [2.45, 2.75) is 33.7 Å². The highest BCUT2D eigenvalue weighted by Gasteiger charge is 2.47. The van der Waals surface area contributed by atoms with Crippen LogP contribution in [0.5, 0.6) is 0 Å². The Bertz CT molecular complexity index is 232. The monoisotopic (exact) mass is 199 g/mol. The normalized spacial score (nSPS) is 34.0. The van der Waals surface area contributed by atoms with Gasteiger partial charge in [0.1, 0.15) is 0 Å². The average molecular weight is 199 g/mol. The van der Waals surface area contributed by atoms with Gasteiger partial charge >= 0.3 is 0 Å². The first-order valence-corrected chi connectivity index (χ1v) is 5.18. The van der Waals surface area contributed by atoms with Crippen molar-refractivity contribution in [3.63, 3.8) is 0 Å². The molecule has 1 heterocycles. The minimum atomic E-state index is -0.204. The lowest BCUT2D eigenvalue weighted by Crippen LogP contribution is -2.41. The number of hydrogen-bond donors (Lipinski definition) is 1. The maximum atomic E-state index is 11.8. The van der Waals surface area contributed by atoms with E-state index in [1.807, 2.05) is 7.05 Å². The van der Waals surface area contributed by atoms with E-state index in [4.69, 9.17) is 5.11 Å². The van der Waals surface area contributed by atoms with E-state index in [2.05, 4.69) is 27.7 Å². The molecular formula is C11H21NO2. The van der Waals surface area contributed by atoms with Gasteiger partial charge in [0.05, 0.1) is 12.5 Å². The third-order valence-electron chi connectivity index (χ3n) is 3.30. The van der Waals surface area contributed by atoms with Crippen molar-refractivity contribution in [2.24, 2.45) is 17.3 Å². The third-order valence-corrected chi connectivity index (χ3v) is 3.30. The van der Waals surface area contributed by atoms with Crippen LogP contribution in [0.15, 0.2) is 0 Å². The predicted octanol–water partition coefficient (Wildman–Crippen LogP) is 1.12. The van der Waals surface area contributed by atoms with Crippen LogP contribution in [0, 0.1) is 17.3 Å². The molecule has 3 heteroatoms. The molecule has 1 amide bonds. The second-order valence-corrected chi connectivity index (χ2v) is 5.41. The summed E-state index contributed by atoms with van der Waals surface area (Å²) < 4.78 is 0. The first-order valence-electron chi connectivity index (χ1n) is 5.18. The SMILES string of the molecule is C[C@H]1[C@@H](C(C)(C)C)N(C)C(=O)[C@@H]1CO. The van der Waals surface area contributed by atoms with E-state index < -0.39 is 0 Å². The van der Waals surface area contributed by atoms with E-state index in [1.165, 1.54) is 0 Å². The van der Waals surface area contributed by atoms with Gasteiger partial charge in [0.2, 0.25) is 5.91 Å². The molecule has 1 fully saturated rings.